The van der Waals surface area contributed by atoms with Crippen LogP contribution in [0.25, 0.3) is 0 Å². The van der Waals surface area contributed by atoms with Crippen molar-refractivity contribution >= 4 is 5.97 Å². The molecule has 1 heterocycles. The summed E-state index contributed by atoms with van der Waals surface area (Å²) in [5.41, 5.74) is 4.14. The fourth-order valence-corrected chi connectivity index (χ4v) is 2.71. The molecule has 2 nitrogen and oxygen atoms in total. The lowest BCUT2D eigenvalue weighted by atomic mass is 9.89. The number of benzene rings is 1. The van der Waals surface area contributed by atoms with Crippen LogP contribution in [-0.4, -0.2) is 5.97 Å². The zero-order chi connectivity index (χ0) is 11.0. The van der Waals surface area contributed by atoms with Gasteiger partial charge < -0.3 is 4.74 Å². The number of esters is 1. The van der Waals surface area contributed by atoms with Crippen molar-refractivity contribution in [1.29, 1.82) is 0 Å². The SMILES string of the molecule is O=C1CC[C@@H](c2ccc3c(c2)CCCC3)O1. The molecule has 0 saturated carbocycles. The molecule has 0 radical (unpaired) electrons. The lowest BCUT2D eigenvalue weighted by Gasteiger charge is -2.18. The van der Waals surface area contributed by atoms with Crippen LogP contribution in [-0.2, 0) is 22.4 Å². The van der Waals surface area contributed by atoms with Crippen LogP contribution in [0, 0.1) is 0 Å². The van der Waals surface area contributed by atoms with E-state index in [1.54, 1.807) is 0 Å². The maximum absolute atomic E-state index is 11.1. The van der Waals surface area contributed by atoms with Crippen LogP contribution in [0.2, 0.25) is 0 Å². The van der Waals surface area contributed by atoms with E-state index < -0.39 is 0 Å². The highest BCUT2D eigenvalue weighted by Gasteiger charge is 2.25. The van der Waals surface area contributed by atoms with E-state index in [4.69, 9.17) is 4.74 Å². The number of hydrogen-bond acceptors (Lipinski definition) is 2. The molecule has 0 spiro atoms. The van der Waals surface area contributed by atoms with Crippen LogP contribution in [0.1, 0.15) is 48.5 Å². The van der Waals surface area contributed by atoms with Gasteiger partial charge in [0.25, 0.3) is 0 Å². The van der Waals surface area contributed by atoms with Crippen LogP contribution in [0.5, 0.6) is 0 Å². The zero-order valence-electron chi connectivity index (χ0n) is 9.37. The summed E-state index contributed by atoms with van der Waals surface area (Å²) in [6.07, 6.45) is 6.43. The lowest BCUT2D eigenvalue weighted by Crippen LogP contribution is -2.05. The molecule has 1 aliphatic heterocycles. The van der Waals surface area contributed by atoms with E-state index in [1.165, 1.54) is 42.4 Å². The lowest BCUT2D eigenvalue weighted by molar-refractivity contribution is -0.141. The number of aryl methyl sites for hydroxylation is 2. The first kappa shape index (κ1) is 9.88. The molecule has 1 aliphatic carbocycles. The van der Waals surface area contributed by atoms with E-state index in [2.05, 4.69) is 18.2 Å². The molecule has 0 amide bonds. The normalized spacial score (nSPS) is 24.0. The Morgan fingerprint density at radius 1 is 1.06 bits per heavy atom. The predicted octanol–water partition coefficient (Wildman–Crippen LogP) is 2.94. The predicted molar refractivity (Wildman–Crippen MR) is 61.2 cm³/mol. The number of cyclic esters (lactones) is 1. The van der Waals surface area contributed by atoms with E-state index in [-0.39, 0.29) is 12.1 Å². The average molecular weight is 216 g/mol. The molecular formula is C14H16O2. The maximum Gasteiger partial charge on any atom is 0.306 e. The molecule has 1 aromatic rings. The van der Waals surface area contributed by atoms with Gasteiger partial charge in [0.05, 0.1) is 0 Å². The van der Waals surface area contributed by atoms with Crippen molar-refractivity contribution in [3.05, 3.63) is 34.9 Å². The van der Waals surface area contributed by atoms with Crippen molar-refractivity contribution in [3.8, 4) is 0 Å². The molecule has 3 rings (SSSR count). The highest BCUT2D eigenvalue weighted by Crippen LogP contribution is 2.32. The van der Waals surface area contributed by atoms with Gasteiger partial charge in [-0.25, -0.2) is 0 Å². The summed E-state index contributed by atoms with van der Waals surface area (Å²) in [7, 11) is 0. The largest absolute Gasteiger partial charge is 0.457 e. The van der Waals surface area contributed by atoms with E-state index in [9.17, 15) is 4.79 Å². The summed E-state index contributed by atoms with van der Waals surface area (Å²) < 4.78 is 5.30. The number of carbonyl (C=O) groups is 1. The Kier molecular flexibility index (Phi) is 2.43. The summed E-state index contributed by atoms with van der Waals surface area (Å²) in [4.78, 5) is 11.1. The Bertz CT molecular complexity index is 423. The molecule has 2 heteroatoms. The minimum atomic E-state index is -0.0530. The highest BCUT2D eigenvalue weighted by molar-refractivity contribution is 5.71. The van der Waals surface area contributed by atoms with Crippen molar-refractivity contribution in [2.75, 3.05) is 0 Å². The van der Waals surface area contributed by atoms with Crippen LogP contribution in [0.3, 0.4) is 0 Å². The van der Waals surface area contributed by atoms with Crippen molar-refractivity contribution in [2.24, 2.45) is 0 Å². The number of carbonyl (C=O) groups excluding carboxylic acids is 1. The molecule has 0 N–H and O–H groups in total. The summed E-state index contributed by atoms with van der Waals surface area (Å²) in [6, 6.07) is 6.60. The number of rotatable bonds is 1. The smallest absolute Gasteiger partial charge is 0.306 e. The fraction of sp³-hybridized carbons (Fsp3) is 0.500. The number of ether oxygens (including phenoxy) is 1. The summed E-state index contributed by atoms with van der Waals surface area (Å²) >= 11 is 0. The molecule has 1 fully saturated rings. The average Bonchev–Trinajstić information content (AvgIpc) is 2.75. The van der Waals surface area contributed by atoms with E-state index >= 15 is 0 Å². The Labute approximate surface area is 95.6 Å². The highest BCUT2D eigenvalue weighted by atomic mass is 16.5. The molecule has 2 aliphatic rings. The minimum Gasteiger partial charge on any atom is -0.457 e. The maximum atomic E-state index is 11.1. The Morgan fingerprint density at radius 2 is 1.88 bits per heavy atom. The first-order valence-corrected chi connectivity index (χ1v) is 6.14. The van der Waals surface area contributed by atoms with E-state index in [0.717, 1.165) is 6.42 Å². The molecule has 16 heavy (non-hydrogen) atoms. The topological polar surface area (TPSA) is 26.3 Å². The van der Waals surface area contributed by atoms with Gasteiger partial charge in [0, 0.05) is 6.42 Å². The van der Waals surface area contributed by atoms with Crippen LogP contribution >= 0.6 is 0 Å². The van der Waals surface area contributed by atoms with Gasteiger partial charge in [-0.05, 0) is 48.8 Å². The van der Waals surface area contributed by atoms with Gasteiger partial charge in [-0.15, -0.1) is 0 Å². The molecular weight excluding hydrogens is 200 g/mol. The molecule has 1 atom stereocenters. The van der Waals surface area contributed by atoms with Crippen molar-refractivity contribution < 1.29 is 9.53 Å². The van der Waals surface area contributed by atoms with Crippen molar-refractivity contribution in [3.63, 3.8) is 0 Å². The van der Waals surface area contributed by atoms with Gasteiger partial charge in [-0.2, -0.15) is 0 Å². The third-order valence-electron chi connectivity index (χ3n) is 3.63. The molecule has 0 unspecified atom stereocenters. The van der Waals surface area contributed by atoms with Crippen molar-refractivity contribution in [2.45, 2.75) is 44.6 Å². The van der Waals surface area contributed by atoms with Crippen LogP contribution < -0.4 is 0 Å². The van der Waals surface area contributed by atoms with Gasteiger partial charge in [0.1, 0.15) is 6.10 Å². The summed E-state index contributed by atoms with van der Waals surface area (Å²) in [5.74, 6) is -0.0530. The second-order valence-corrected chi connectivity index (χ2v) is 4.75. The fourth-order valence-electron chi connectivity index (χ4n) is 2.71. The van der Waals surface area contributed by atoms with Crippen molar-refractivity contribution in [1.82, 2.24) is 0 Å². The minimum absolute atomic E-state index is 0.0136. The monoisotopic (exact) mass is 216 g/mol. The molecule has 0 aromatic heterocycles. The molecule has 1 aromatic carbocycles. The molecule has 84 valence electrons. The zero-order valence-corrected chi connectivity index (χ0v) is 9.37. The third-order valence-corrected chi connectivity index (χ3v) is 3.63. The van der Waals surface area contributed by atoms with Gasteiger partial charge in [0.15, 0.2) is 0 Å². The quantitative estimate of drug-likeness (QED) is 0.675. The summed E-state index contributed by atoms with van der Waals surface area (Å²) in [6.45, 7) is 0. The number of hydrogen-bond donors (Lipinski definition) is 0. The Balaban J connectivity index is 1.88. The molecule has 1 saturated heterocycles. The van der Waals surface area contributed by atoms with Gasteiger partial charge in [-0.1, -0.05) is 18.2 Å². The second kappa shape index (κ2) is 3.93. The first-order valence-electron chi connectivity index (χ1n) is 6.14. The third kappa shape index (κ3) is 1.73. The Morgan fingerprint density at radius 3 is 2.62 bits per heavy atom. The van der Waals surface area contributed by atoms with E-state index in [0.29, 0.717) is 6.42 Å². The standard InChI is InChI=1S/C14H16O2/c15-14-8-7-13(16-14)12-6-5-10-3-1-2-4-11(10)9-12/h5-6,9,13H,1-4,7-8H2/t13-/m0/s1. The Hall–Kier alpha value is -1.31. The van der Waals surface area contributed by atoms with Gasteiger partial charge >= 0.3 is 5.97 Å². The number of fused-ring (bicyclic) bond motifs is 1. The van der Waals surface area contributed by atoms with Crippen LogP contribution in [0.4, 0.5) is 0 Å². The summed E-state index contributed by atoms with van der Waals surface area (Å²) in [5, 5.41) is 0. The van der Waals surface area contributed by atoms with Gasteiger partial charge in [0.2, 0.25) is 0 Å². The van der Waals surface area contributed by atoms with Crippen LogP contribution in [0.15, 0.2) is 18.2 Å². The van der Waals surface area contributed by atoms with E-state index in [1.807, 2.05) is 0 Å². The molecule has 0 bridgehead atoms. The first-order chi connectivity index (χ1) is 7.83. The second-order valence-electron chi connectivity index (χ2n) is 4.75. The van der Waals surface area contributed by atoms with Gasteiger partial charge in [-0.3, -0.25) is 4.79 Å².